The van der Waals surface area contributed by atoms with Crippen molar-refractivity contribution in [3.63, 3.8) is 0 Å². The van der Waals surface area contributed by atoms with Crippen LogP contribution in [0.3, 0.4) is 0 Å². The molecule has 2 aromatic rings. The standard InChI is InChI=1S/C20H26FN3O3S/c1-16-15-19(7-8-20(16)27-2)28(25,26)22-9-10-23-11-13-24(14-12-23)18-5-3-17(21)4-6-18/h3-8,15,22H,9-14H2,1-2H3. The summed E-state index contributed by atoms with van der Waals surface area (Å²) in [5.41, 5.74) is 1.79. The highest BCUT2D eigenvalue weighted by atomic mass is 32.2. The van der Waals surface area contributed by atoms with E-state index < -0.39 is 10.0 Å². The van der Waals surface area contributed by atoms with Crippen LogP contribution in [0, 0.1) is 12.7 Å². The first-order valence-corrected chi connectivity index (χ1v) is 10.7. The van der Waals surface area contributed by atoms with E-state index in [0.717, 1.165) is 37.4 Å². The number of benzene rings is 2. The molecule has 1 aliphatic heterocycles. The van der Waals surface area contributed by atoms with Crippen molar-refractivity contribution >= 4 is 15.7 Å². The quantitative estimate of drug-likeness (QED) is 0.763. The van der Waals surface area contributed by atoms with Gasteiger partial charge in [-0.1, -0.05) is 0 Å². The first-order valence-electron chi connectivity index (χ1n) is 9.26. The minimum absolute atomic E-state index is 0.235. The second-order valence-corrected chi connectivity index (χ2v) is 8.60. The Bertz CT molecular complexity index is 895. The van der Waals surface area contributed by atoms with Crippen molar-refractivity contribution in [1.82, 2.24) is 9.62 Å². The third-order valence-electron chi connectivity index (χ3n) is 4.96. The molecule has 152 valence electrons. The molecular weight excluding hydrogens is 381 g/mol. The van der Waals surface area contributed by atoms with Gasteiger partial charge in [-0.05, 0) is 55.0 Å². The molecule has 8 heteroatoms. The molecule has 0 unspecified atom stereocenters. The van der Waals surface area contributed by atoms with Crippen LogP contribution in [0.2, 0.25) is 0 Å². The topological polar surface area (TPSA) is 61.9 Å². The maximum absolute atomic E-state index is 13.0. The molecule has 1 aliphatic rings. The fraction of sp³-hybridized carbons (Fsp3) is 0.400. The van der Waals surface area contributed by atoms with Gasteiger partial charge < -0.3 is 9.64 Å². The predicted molar refractivity (Wildman–Crippen MR) is 108 cm³/mol. The van der Waals surface area contributed by atoms with Crippen molar-refractivity contribution in [3.8, 4) is 5.75 Å². The molecule has 1 fully saturated rings. The molecule has 0 amide bonds. The Kier molecular flexibility index (Phi) is 6.53. The van der Waals surface area contributed by atoms with Gasteiger partial charge in [0.15, 0.2) is 0 Å². The van der Waals surface area contributed by atoms with Gasteiger partial charge in [-0.25, -0.2) is 17.5 Å². The van der Waals surface area contributed by atoms with Crippen LogP contribution in [-0.2, 0) is 10.0 Å². The fourth-order valence-electron chi connectivity index (χ4n) is 3.32. The molecule has 3 rings (SSSR count). The summed E-state index contributed by atoms with van der Waals surface area (Å²) in [5, 5.41) is 0. The van der Waals surface area contributed by atoms with Gasteiger partial charge in [0.1, 0.15) is 11.6 Å². The zero-order valence-corrected chi connectivity index (χ0v) is 17.0. The molecular formula is C20H26FN3O3S. The molecule has 0 spiro atoms. The summed E-state index contributed by atoms with van der Waals surface area (Å²) in [6, 6.07) is 11.3. The lowest BCUT2D eigenvalue weighted by Gasteiger charge is -2.36. The molecule has 2 aromatic carbocycles. The van der Waals surface area contributed by atoms with E-state index in [1.54, 1.807) is 37.4 Å². The molecule has 0 atom stereocenters. The second-order valence-electron chi connectivity index (χ2n) is 6.83. The summed E-state index contributed by atoms with van der Waals surface area (Å²) in [4.78, 5) is 4.68. The van der Waals surface area contributed by atoms with Crippen LogP contribution >= 0.6 is 0 Å². The predicted octanol–water partition coefficient (Wildman–Crippen LogP) is 2.24. The van der Waals surface area contributed by atoms with E-state index in [-0.39, 0.29) is 10.7 Å². The molecule has 1 saturated heterocycles. The van der Waals surface area contributed by atoms with Gasteiger partial charge in [0.2, 0.25) is 10.0 Å². The van der Waals surface area contributed by atoms with E-state index in [9.17, 15) is 12.8 Å². The van der Waals surface area contributed by atoms with E-state index in [2.05, 4.69) is 14.5 Å². The number of piperazine rings is 1. The van der Waals surface area contributed by atoms with Gasteiger partial charge in [0.25, 0.3) is 0 Å². The number of hydrogen-bond acceptors (Lipinski definition) is 5. The van der Waals surface area contributed by atoms with Gasteiger partial charge in [0.05, 0.1) is 12.0 Å². The Labute approximate surface area is 166 Å². The van der Waals surface area contributed by atoms with Crippen molar-refractivity contribution in [2.45, 2.75) is 11.8 Å². The number of sulfonamides is 1. The van der Waals surface area contributed by atoms with E-state index in [1.807, 2.05) is 6.92 Å². The van der Waals surface area contributed by atoms with Gasteiger partial charge in [0, 0.05) is 45.0 Å². The number of ether oxygens (including phenoxy) is 1. The number of aryl methyl sites for hydroxylation is 1. The average Bonchev–Trinajstić information content (AvgIpc) is 2.69. The molecule has 28 heavy (non-hydrogen) atoms. The molecule has 1 heterocycles. The highest BCUT2D eigenvalue weighted by molar-refractivity contribution is 7.89. The molecule has 0 saturated carbocycles. The van der Waals surface area contributed by atoms with E-state index >= 15 is 0 Å². The molecule has 0 aromatic heterocycles. The normalized spacial score (nSPS) is 15.6. The molecule has 0 radical (unpaired) electrons. The van der Waals surface area contributed by atoms with Crippen molar-refractivity contribution in [3.05, 3.63) is 53.8 Å². The van der Waals surface area contributed by atoms with Crippen LogP contribution in [0.15, 0.2) is 47.4 Å². The number of halogens is 1. The van der Waals surface area contributed by atoms with Crippen molar-refractivity contribution in [2.75, 3.05) is 51.3 Å². The first kappa shape index (κ1) is 20.6. The number of nitrogens with zero attached hydrogens (tertiary/aromatic N) is 2. The lowest BCUT2D eigenvalue weighted by molar-refractivity contribution is 0.262. The largest absolute Gasteiger partial charge is 0.496 e. The maximum atomic E-state index is 13.0. The van der Waals surface area contributed by atoms with E-state index in [0.29, 0.717) is 18.8 Å². The number of nitrogens with one attached hydrogen (secondary N) is 1. The Morgan fingerprint density at radius 3 is 2.36 bits per heavy atom. The van der Waals surface area contributed by atoms with Crippen molar-refractivity contribution < 1.29 is 17.5 Å². The van der Waals surface area contributed by atoms with Crippen LogP contribution in [-0.4, -0.2) is 59.7 Å². The third-order valence-corrected chi connectivity index (χ3v) is 6.42. The Morgan fingerprint density at radius 2 is 1.75 bits per heavy atom. The summed E-state index contributed by atoms with van der Waals surface area (Å²) in [6.45, 7) is 6.14. The number of methoxy groups -OCH3 is 1. The van der Waals surface area contributed by atoms with Gasteiger partial charge in [-0.3, -0.25) is 4.90 Å². The maximum Gasteiger partial charge on any atom is 0.240 e. The summed E-state index contributed by atoms with van der Waals surface area (Å²) in [7, 11) is -1.98. The van der Waals surface area contributed by atoms with E-state index in [4.69, 9.17) is 4.74 Å². The van der Waals surface area contributed by atoms with Crippen LogP contribution < -0.4 is 14.4 Å². The number of hydrogen-bond donors (Lipinski definition) is 1. The van der Waals surface area contributed by atoms with Gasteiger partial charge in [-0.2, -0.15) is 0 Å². The molecule has 1 N–H and O–H groups in total. The summed E-state index contributed by atoms with van der Waals surface area (Å²) in [6.07, 6.45) is 0. The smallest absolute Gasteiger partial charge is 0.240 e. The SMILES string of the molecule is COc1ccc(S(=O)(=O)NCCN2CCN(c3ccc(F)cc3)CC2)cc1C. The van der Waals surface area contributed by atoms with Gasteiger partial charge >= 0.3 is 0 Å². The minimum Gasteiger partial charge on any atom is -0.496 e. The molecule has 0 bridgehead atoms. The highest BCUT2D eigenvalue weighted by Crippen LogP contribution is 2.21. The second kappa shape index (κ2) is 8.89. The first-order chi connectivity index (χ1) is 13.4. The third kappa shape index (κ3) is 5.01. The number of rotatable bonds is 7. The Balaban J connectivity index is 1.47. The lowest BCUT2D eigenvalue weighted by Crippen LogP contribution is -2.48. The van der Waals surface area contributed by atoms with Crippen LogP contribution in [0.25, 0.3) is 0 Å². The minimum atomic E-state index is -3.54. The molecule has 0 aliphatic carbocycles. The van der Waals surface area contributed by atoms with Crippen LogP contribution in [0.4, 0.5) is 10.1 Å². The Morgan fingerprint density at radius 1 is 1.07 bits per heavy atom. The molecule has 6 nitrogen and oxygen atoms in total. The zero-order chi connectivity index (χ0) is 20.1. The van der Waals surface area contributed by atoms with Crippen LogP contribution in [0.5, 0.6) is 5.75 Å². The van der Waals surface area contributed by atoms with Crippen LogP contribution in [0.1, 0.15) is 5.56 Å². The summed E-state index contributed by atoms with van der Waals surface area (Å²) >= 11 is 0. The lowest BCUT2D eigenvalue weighted by atomic mass is 10.2. The fourth-order valence-corrected chi connectivity index (χ4v) is 4.43. The average molecular weight is 408 g/mol. The van der Waals surface area contributed by atoms with Gasteiger partial charge in [-0.15, -0.1) is 0 Å². The zero-order valence-electron chi connectivity index (χ0n) is 16.2. The monoisotopic (exact) mass is 407 g/mol. The number of anilines is 1. The van der Waals surface area contributed by atoms with Crippen molar-refractivity contribution in [1.29, 1.82) is 0 Å². The summed E-state index contributed by atoms with van der Waals surface area (Å²) in [5.74, 6) is 0.430. The van der Waals surface area contributed by atoms with E-state index in [1.165, 1.54) is 12.1 Å². The highest BCUT2D eigenvalue weighted by Gasteiger charge is 2.19. The van der Waals surface area contributed by atoms with Crippen molar-refractivity contribution in [2.24, 2.45) is 0 Å². The Hall–Kier alpha value is -2.16. The summed E-state index contributed by atoms with van der Waals surface area (Å²) < 4.78 is 45.9.